The van der Waals surface area contributed by atoms with Gasteiger partial charge in [-0.2, -0.15) is 0 Å². The highest BCUT2D eigenvalue weighted by molar-refractivity contribution is 5.86. The summed E-state index contributed by atoms with van der Waals surface area (Å²) >= 11 is 0. The quantitative estimate of drug-likeness (QED) is 0.581. The van der Waals surface area contributed by atoms with E-state index in [2.05, 4.69) is 10.3 Å². The Morgan fingerprint density at radius 2 is 1.80 bits per heavy atom. The number of hydrogen-bond acceptors (Lipinski definition) is 5. The summed E-state index contributed by atoms with van der Waals surface area (Å²) in [5, 5.41) is 14.6. The molecule has 30 heavy (non-hydrogen) atoms. The van der Waals surface area contributed by atoms with E-state index in [4.69, 9.17) is 0 Å². The predicted molar refractivity (Wildman–Crippen MR) is 112 cm³/mol. The first-order valence-corrected chi connectivity index (χ1v) is 10.0. The lowest BCUT2D eigenvalue weighted by atomic mass is 10.0. The van der Waals surface area contributed by atoms with Crippen LogP contribution >= 0.6 is 0 Å². The first-order chi connectivity index (χ1) is 14.5. The standard InChI is InChI=1S/C23H25N3O4/c1-2-3-13-20(26-15-24-18-12-8-7-11-17(18)22(26)28)21(27)25-19(23(29)30)14-16-9-5-4-6-10-16/h4-12,15,19-20H,2-3,13-14H2,1H3,(H,25,27)(H,29,30)/p-1/t19-,20-/m0/s1. The second kappa shape index (κ2) is 9.82. The Balaban J connectivity index is 1.89. The lowest BCUT2D eigenvalue weighted by Gasteiger charge is -2.25. The molecule has 0 saturated carbocycles. The van der Waals surface area contributed by atoms with Gasteiger partial charge in [0.15, 0.2) is 0 Å². The van der Waals surface area contributed by atoms with E-state index in [9.17, 15) is 19.5 Å². The summed E-state index contributed by atoms with van der Waals surface area (Å²) < 4.78 is 1.29. The third kappa shape index (κ3) is 4.92. The van der Waals surface area contributed by atoms with Crippen molar-refractivity contribution in [2.75, 3.05) is 0 Å². The van der Waals surface area contributed by atoms with Crippen molar-refractivity contribution in [2.45, 2.75) is 44.7 Å². The van der Waals surface area contributed by atoms with Crippen LogP contribution in [0.25, 0.3) is 10.9 Å². The molecule has 1 heterocycles. The number of carbonyl (C=O) groups excluding carboxylic acids is 2. The maximum absolute atomic E-state index is 13.1. The Kier molecular flexibility index (Phi) is 6.95. The highest BCUT2D eigenvalue weighted by Crippen LogP contribution is 2.16. The molecular weight excluding hydrogens is 382 g/mol. The van der Waals surface area contributed by atoms with Gasteiger partial charge in [0.1, 0.15) is 6.04 Å². The molecule has 3 rings (SSSR count). The maximum Gasteiger partial charge on any atom is 0.261 e. The van der Waals surface area contributed by atoms with E-state index in [1.54, 1.807) is 48.5 Å². The number of nitrogens with zero attached hydrogens (tertiary/aromatic N) is 2. The van der Waals surface area contributed by atoms with Crippen molar-refractivity contribution in [3.05, 3.63) is 76.8 Å². The molecule has 7 nitrogen and oxygen atoms in total. The van der Waals surface area contributed by atoms with E-state index in [1.165, 1.54) is 10.9 Å². The van der Waals surface area contributed by atoms with Crippen LogP contribution in [0, 0.1) is 0 Å². The minimum Gasteiger partial charge on any atom is -0.548 e. The van der Waals surface area contributed by atoms with Crippen LogP contribution in [-0.4, -0.2) is 27.5 Å². The van der Waals surface area contributed by atoms with Gasteiger partial charge in [0.2, 0.25) is 5.91 Å². The number of nitrogens with one attached hydrogen (secondary N) is 1. The van der Waals surface area contributed by atoms with E-state index in [-0.39, 0.29) is 12.0 Å². The smallest absolute Gasteiger partial charge is 0.261 e. The molecule has 0 aliphatic carbocycles. The summed E-state index contributed by atoms with van der Waals surface area (Å²) in [6.45, 7) is 1.98. The van der Waals surface area contributed by atoms with E-state index >= 15 is 0 Å². The number of amides is 1. The van der Waals surface area contributed by atoms with Crippen LogP contribution in [0.15, 0.2) is 65.7 Å². The van der Waals surface area contributed by atoms with Crippen LogP contribution < -0.4 is 16.0 Å². The van der Waals surface area contributed by atoms with Crippen molar-refractivity contribution in [2.24, 2.45) is 0 Å². The predicted octanol–water partition coefficient (Wildman–Crippen LogP) is 1.61. The number of fused-ring (bicyclic) bond motifs is 1. The van der Waals surface area contributed by atoms with Gasteiger partial charge in [-0.05, 0) is 30.5 Å². The van der Waals surface area contributed by atoms with Gasteiger partial charge in [0.25, 0.3) is 5.56 Å². The summed E-state index contributed by atoms with van der Waals surface area (Å²) in [6, 6.07) is 13.9. The van der Waals surface area contributed by atoms with Gasteiger partial charge in [0, 0.05) is 0 Å². The topological polar surface area (TPSA) is 104 Å². The molecule has 7 heteroatoms. The summed E-state index contributed by atoms with van der Waals surface area (Å²) in [5.74, 6) is -1.90. The summed E-state index contributed by atoms with van der Waals surface area (Å²) in [7, 11) is 0. The largest absolute Gasteiger partial charge is 0.548 e. The van der Waals surface area contributed by atoms with Gasteiger partial charge in [-0.15, -0.1) is 0 Å². The zero-order valence-electron chi connectivity index (χ0n) is 16.8. The van der Waals surface area contributed by atoms with Gasteiger partial charge in [-0.1, -0.05) is 62.2 Å². The van der Waals surface area contributed by atoms with Gasteiger partial charge >= 0.3 is 0 Å². The van der Waals surface area contributed by atoms with Gasteiger partial charge < -0.3 is 15.2 Å². The number of carboxylic acid groups (broad SMARTS) is 1. The fourth-order valence-corrected chi connectivity index (χ4v) is 3.41. The van der Waals surface area contributed by atoms with Crippen molar-refractivity contribution in [1.29, 1.82) is 0 Å². The molecule has 0 aliphatic rings. The molecule has 0 saturated heterocycles. The first-order valence-electron chi connectivity index (χ1n) is 10.0. The average Bonchev–Trinajstić information content (AvgIpc) is 2.75. The molecule has 0 bridgehead atoms. The second-order valence-electron chi connectivity index (χ2n) is 7.20. The van der Waals surface area contributed by atoms with E-state index in [1.807, 2.05) is 13.0 Å². The lowest BCUT2D eigenvalue weighted by Crippen LogP contribution is -2.51. The fraction of sp³-hybridized carbons (Fsp3) is 0.304. The second-order valence-corrected chi connectivity index (χ2v) is 7.20. The highest BCUT2D eigenvalue weighted by atomic mass is 16.4. The van der Waals surface area contributed by atoms with Crippen molar-refractivity contribution in [3.63, 3.8) is 0 Å². The van der Waals surface area contributed by atoms with Crippen LogP contribution in [0.3, 0.4) is 0 Å². The van der Waals surface area contributed by atoms with Crippen molar-refractivity contribution in [1.82, 2.24) is 14.9 Å². The summed E-state index contributed by atoms with van der Waals surface area (Å²) in [5.41, 5.74) is 0.983. The Bertz CT molecular complexity index is 1080. The molecule has 1 amide bonds. The molecule has 0 fully saturated rings. The van der Waals surface area contributed by atoms with Crippen LogP contribution in [0.1, 0.15) is 37.8 Å². The van der Waals surface area contributed by atoms with Crippen molar-refractivity contribution < 1.29 is 14.7 Å². The number of rotatable bonds is 9. The van der Waals surface area contributed by atoms with E-state index in [0.717, 1.165) is 12.0 Å². The van der Waals surface area contributed by atoms with Crippen LogP contribution in [-0.2, 0) is 16.0 Å². The number of benzene rings is 2. The fourth-order valence-electron chi connectivity index (χ4n) is 3.41. The number of carbonyl (C=O) groups is 2. The van der Waals surface area contributed by atoms with Crippen LogP contribution in [0.5, 0.6) is 0 Å². The molecule has 1 N–H and O–H groups in total. The first kappa shape index (κ1) is 21.2. The number of hydrogen-bond donors (Lipinski definition) is 1. The van der Waals surface area contributed by atoms with E-state index in [0.29, 0.717) is 23.7 Å². The average molecular weight is 406 g/mol. The summed E-state index contributed by atoms with van der Waals surface area (Å²) in [4.78, 5) is 42.0. The molecule has 0 radical (unpaired) electrons. The van der Waals surface area contributed by atoms with Crippen LogP contribution in [0.4, 0.5) is 0 Å². The highest BCUT2D eigenvalue weighted by Gasteiger charge is 2.25. The SMILES string of the molecule is CCCC[C@@H](C(=O)N[C@@H](Cc1ccccc1)C(=O)[O-])n1cnc2ccccc2c1=O. The van der Waals surface area contributed by atoms with Crippen molar-refractivity contribution >= 4 is 22.8 Å². The molecule has 156 valence electrons. The molecule has 1 aromatic heterocycles. The monoisotopic (exact) mass is 406 g/mol. The lowest BCUT2D eigenvalue weighted by molar-refractivity contribution is -0.308. The number of para-hydroxylation sites is 1. The molecule has 0 aliphatic heterocycles. The maximum atomic E-state index is 13.1. The van der Waals surface area contributed by atoms with E-state index < -0.39 is 24.0 Å². The molecule has 0 unspecified atom stereocenters. The summed E-state index contributed by atoms with van der Waals surface area (Å²) in [6.07, 6.45) is 3.38. The molecule has 2 aromatic carbocycles. The van der Waals surface area contributed by atoms with Gasteiger partial charge in [-0.3, -0.25) is 14.2 Å². The normalized spacial score (nSPS) is 13.0. The molecule has 2 atom stereocenters. The van der Waals surface area contributed by atoms with Crippen molar-refractivity contribution in [3.8, 4) is 0 Å². The Morgan fingerprint density at radius 3 is 2.50 bits per heavy atom. The molecule has 3 aromatic rings. The zero-order chi connectivity index (χ0) is 21.5. The number of carboxylic acids is 1. The van der Waals surface area contributed by atoms with Gasteiger partial charge in [0.05, 0.1) is 29.2 Å². The zero-order valence-corrected chi connectivity index (χ0v) is 16.8. The number of aliphatic carboxylic acids is 1. The third-order valence-electron chi connectivity index (χ3n) is 5.04. The number of aromatic nitrogens is 2. The minimum absolute atomic E-state index is 0.0975. The Hall–Kier alpha value is -3.48. The minimum atomic E-state index is -1.37. The molecular formula is C23H24N3O4-. The van der Waals surface area contributed by atoms with Gasteiger partial charge in [-0.25, -0.2) is 4.98 Å². The Morgan fingerprint density at radius 1 is 1.10 bits per heavy atom. The Labute approximate surface area is 174 Å². The third-order valence-corrected chi connectivity index (χ3v) is 5.04. The molecule has 0 spiro atoms. The van der Waals surface area contributed by atoms with Crippen LogP contribution in [0.2, 0.25) is 0 Å². The number of unbranched alkanes of at least 4 members (excludes halogenated alkanes) is 1.